The summed E-state index contributed by atoms with van der Waals surface area (Å²) >= 11 is 8.26. The van der Waals surface area contributed by atoms with Crippen LogP contribution in [0.3, 0.4) is 0 Å². The molecule has 11 heavy (non-hydrogen) atoms. The summed E-state index contributed by atoms with van der Waals surface area (Å²) in [6.45, 7) is 0. The average Bonchev–Trinajstić information content (AvgIpc) is 2.37. The van der Waals surface area contributed by atoms with Crippen molar-refractivity contribution < 1.29 is 0 Å². The fourth-order valence-electron chi connectivity index (χ4n) is 0.434. The first kappa shape index (κ1) is 8.83. The van der Waals surface area contributed by atoms with Crippen LogP contribution in [-0.2, 0) is 0 Å². The van der Waals surface area contributed by atoms with Crippen molar-refractivity contribution in [2.75, 3.05) is 11.5 Å². The Labute approximate surface area is 77.7 Å². The van der Waals surface area contributed by atoms with Crippen LogP contribution in [0.5, 0.6) is 0 Å². The topological polar surface area (TPSA) is 51.8 Å². The highest BCUT2D eigenvalue weighted by atomic mass is 35.5. The maximum absolute atomic E-state index is 5.37. The highest BCUT2D eigenvalue weighted by Crippen LogP contribution is 2.23. The molecule has 0 saturated carbocycles. The maximum Gasteiger partial charge on any atom is 0.203 e. The molecule has 2 N–H and O–H groups in total. The van der Waals surface area contributed by atoms with Gasteiger partial charge in [0.1, 0.15) is 0 Å². The third-order valence-corrected chi connectivity index (χ3v) is 2.83. The van der Waals surface area contributed by atoms with Gasteiger partial charge in [-0.1, -0.05) is 40.8 Å². The summed E-state index contributed by atoms with van der Waals surface area (Å²) in [5.41, 5.74) is 6.85. The molecule has 0 aromatic carbocycles. The molecule has 0 bridgehead atoms. The summed E-state index contributed by atoms with van der Waals surface area (Å²) in [6.07, 6.45) is 1.84. The number of halogens is 1. The third kappa shape index (κ3) is 3.09. The predicted octanol–water partition coefficient (Wildman–Crippen LogP) is 1.96. The van der Waals surface area contributed by atoms with E-state index in [1.54, 1.807) is 11.8 Å². The minimum atomic E-state index is 0.502. The van der Waals surface area contributed by atoms with Gasteiger partial charge in [-0.3, -0.25) is 0 Å². The Balaban J connectivity index is 2.38. The van der Waals surface area contributed by atoms with Crippen molar-refractivity contribution in [1.82, 2.24) is 10.2 Å². The van der Waals surface area contributed by atoms with Crippen LogP contribution in [0.25, 0.3) is 0 Å². The molecule has 1 aromatic rings. The minimum Gasteiger partial charge on any atom is -0.374 e. The first-order valence-electron chi connectivity index (χ1n) is 2.80. The summed E-state index contributed by atoms with van der Waals surface area (Å²) in [5, 5.41) is 7.98. The van der Waals surface area contributed by atoms with Crippen LogP contribution in [0.15, 0.2) is 16.0 Å². The molecule has 0 aliphatic carbocycles. The van der Waals surface area contributed by atoms with Gasteiger partial charge in [-0.15, -0.1) is 10.2 Å². The smallest absolute Gasteiger partial charge is 0.203 e. The number of thioether (sulfide) groups is 1. The van der Waals surface area contributed by atoms with E-state index in [-0.39, 0.29) is 0 Å². The molecule has 0 aliphatic rings. The number of anilines is 1. The molecule has 0 spiro atoms. The highest BCUT2D eigenvalue weighted by Gasteiger charge is 1.98. The number of nitrogens with zero attached hydrogens (tertiary/aromatic N) is 2. The Morgan fingerprint density at radius 1 is 1.64 bits per heavy atom. The Morgan fingerprint density at radius 2 is 2.45 bits per heavy atom. The van der Waals surface area contributed by atoms with Gasteiger partial charge in [-0.2, -0.15) is 0 Å². The van der Waals surface area contributed by atoms with E-state index in [9.17, 15) is 0 Å². The van der Waals surface area contributed by atoms with E-state index in [2.05, 4.69) is 10.2 Å². The summed E-state index contributed by atoms with van der Waals surface area (Å²) in [4.78, 5) is 0. The Morgan fingerprint density at radius 3 is 3.00 bits per heavy atom. The van der Waals surface area contributed by atoms with Crippen molar-refractivity contribution >= 4 is 39.8 Å². The van der Waals surface area contributed by atoms with E-state index in [0.717, 1.165) is 10.1 Å². The van der Waals surface area contributed by atoms with Gasteiger partial charge in [0, 0.05) is 11.3 Å². The molecule has 6 heteroatoms. The fraction of sp³-hybridized carbons (Fsp3) is 0.200. The SMILES string of the molecule is Nc1nnc(SC/C=C/Cl)s1. The number of nitrogen functional groups attached to an aromatic ring is 1. The summed E-state index contributed by atoms with van der Waals surface area (Å²) < 4.78 is 0.872. The van der Waals surface area contributed by atoms with E-state index in [4.69, 9.17) is 17.3 Å². The van der Waals surface area contributed by atoms with E-state index >= 15 is 0 Å². The minimum absolute atomic E-state index is 0.502. The lowest BCUT2D eigenvalue weighted by Gasteiger charge is -1.85. The molecule has 0 atom stereocenters. The molecule has 0 radical (unpaired) electrons. The van der Waals surface area contributed by atoms with Crippen LogP contribution >= 0.6 is 34.7 Å². The second kappa shape index (κ2) is 4.58. The Bertz CT molecular complexity index is 248. The van der Waals surface area contributed by atoms with Crippen molar-refractivity contribution in [3.8, 4) is 0 Å². The molecular formula is C5H6ClN3S2. The Kier molecular flexibility index (Phi) is 3.68. The number of rotatable bonds is 3. The van der Waals surface area contributed by atoms with Gasteiger partial charge in [-0.25, -0.2) is 0 Å². The van der Waals surface area contributed by atoms with Gasteiger partial charge in [0.25, 0.3) is 0 Å². The molecule has 1 heterocycles. The van der Waals surface area contributed by atoms with Crippen LogP contribution in [0, 0.1) is 0 Å². The lowest BCUT2D eigenvalue weighted by molar-refractivity contribution is 1.02. The highest BCUT2D eigenvalue weighted by molar-refractivity contribution is 8.01. The van der Waals surface area contributed by atoms with Gasteiger partial charge in [-0.05, 0) is 0 Å². The van der Waals surface area contributed by atoms with E-state index < -0.39 is 0 Å². The van der Waals surface area contributed by atoms with Crippen LogP contribution in [-0.4, -0.2) is 16.0 Å². The summed E-state index contributed by atoms with van der Waals surface area (Å²) in [5.74, 6) is 0.804. The third-order valence-electron chi connectivity index (χ3n) is 0.814. The van der Waals surface area contributed by atoms with Crippen molar-refractivity contribution in [2.45, 2.75) is 4.34 Å². The van der Waals surface area contributed by atoms with Gasteiger partial charge >= 0.3 is 0 Å². The summed E-state index contributed by atoms with van der Waals surface area (Å²) in [6, 6.07) is 0. The molecule has 0 amide bonds. The standard InChI is InChI=1S/C5H6ClN3S2/c6-2-1-3-10-5-9-8-4(7)11-5/h1-2H,3H2,(H2,7,8)/b2-1+. The predicted molar refractivity (Wildman–Crippen MR) is 50.0 cm³/mol. The van der Waals surface area contributed by atoms with Crippen molar-refractivity contribution in [3.63, 3.8) is 0 Å². The molecule has 1 rings (SSSR count). The van der Waals surface area contributed by atoms with E-state index in [0.29, 0.717) is 5.13 Å². The molecular weight excluding hydrogens is 202 g/mol. The molecule has 0 fully saturated rings. The summed E-state index contributed by atoms with van der Waals surface area (Å²) in [7, 11) is 0. The first-order chi connectivity index (χ1) is 5.33. The fourth-order valence-corrected chi connectivity index (χ4v) is 2.10. The lowest BCUT2D eigenvalue weighted by atomic mass is 10.8. The zero-order valence-corrected chi connectivity index (χ0v) is 7.92. The van der Waals surface area contributed by atoms with E-state index in [1.165, 1.54) is 16.9 Å². The first-order valence-corrected chi connectivity index (χ1v) is 5.04. The van der Waals surface area contributed by atoms with Crippen molar-refractivity contribution in [2.24, 2.45) is 0 Å². The Hall–Kier alpha value is -0.260. The second-order valence-electron chi connectivity index (χ2n) is 1.58. The van der Waals surface area contributed by atoms with Crippen LogP contribution in [0.4, 0.5) is 5.13 Å². The lowest BCUT2D eigenvalue weighted by Crippen LogP contribution is -1.79. The second-order valence-corrected chi connectivity index (χ2v) is 4.11. The van der Waals surface area contributed by atoms with Crippen LogP contribution in [0.2, 0.25) is 0 Å². The van der Waals surface area contributed by atoms with Crippen molar-refractivity contribution in [1.29, 1.82) is 0 Å². The normalized spacial score (nSPS) is 11.0. The number of hydrogen-bond donors (Lipinski definition) is 1. The molecule has 0 unspecified atom stereocenters. The molecule has 1 aromatic heterocycles. The molecule has 0 saturated heterocycles. The monoisotopic (exact) mass is 207 g/mol. The zero-order valence-electron chi connectivity index (χ0n) is 5.53. The van der Waals surface area contributed by atoms with Gasteiger partial charge < -0.3 is 5.73 Å². The number of hydrogen-bond acceptors (Lipinski definition) is 5. The number of nitrogens with two attached hydrogens (primary N) is 1. The van der Waals surface area contributed by atoms with Crippen LogP contribution in [0.1, 0.15) is 0 Å². The van der Waals surface area contributed by atoms with Gasteiger partial charge in [0.2, 0.25) is 5.13 Å². The molecule has 60 valence electrons. The molecule has 3 nitrogen and oxygen atoms in total. The number of aromatic nitrogens is 2. The van der Waals surface area contributed by atoms with E-state index in [1.807, 2.05) is 6.08 Å². The quantitative estimate of drug-likeness (QED) is 0.770. The largest absolute Gasteiger partial charge is 0.374 e. The zero-order chi connectivity index (χ0) is 8.10. The van der Waals surface area contributed by atoms with Crippen molar-refractivity contribution in [3.05, 3.63) is 11.6 Å². The average molecular weight is 208 g/mol. The van der Waals surface area contributed by atoms with Crippen LogP contribution < -0.4 is 5.73 Å². The maximum atomic E-state index is 5.37. The molecule has 0 aliphatic heterocycles. The van der Waals surface area contributed by atoms with Gasteiger partial charge in [0.05, 0.1) is 0 Å². The van der Waals surface area contributed by atoms with Gasteiger partial charge in [0.15, 0.2) is 4.34 Å².